The lowest BCUT2D eigenvalue weighted by molar-refractivity contribution is -0.118. The first-order chi connectivity index (χ1) is 10.0. The Balaban J connectivity index is 1.89. The molecule has 110 valence electrons. The normalized spacial score (nSPS) is 13.3. The molecule has 0 saturated carbocycles. The number of aryl methyl sites for hydroxylation is 1. The molecule has 0 atom stereocenters. The van der Waals surface area contributed by atoms with Gasteiger partial charge in [-0.1, -0.05) is 0 Å². The molecule has 7 heteroatoms. The van der Waals surface area contributed by atoms with Gasteiger partial charge in [-0.3, -0.25) is 4.79 Å². The second-order valence-electron chi connectivity index (χ2n) is 4.96. The van der Waals surface area contributed by atoms with E-state index in [1.807, 2.05) is 30.4 Å². The average molecular weight is 304 g/mol. The van der Waals surface area contributed by atoms with E-state index >= 15 is 0 Å². The summed E-state index contributed by atoms with van der Waals surface area (Å²) in [7, 11) is 1.96. The quantitative estimate of drug-likeness (QED) is 0.848. The SMILES string of the molecule is Cc1ncsc1CN(C)c1cc2c(cc1N)OCC(=O)N2. The maximum atomic E-state index is 11.4. The number of nitrogen functional groups attached to an aromatic ring is 1. The van der Waals surface area contributed by atoms with Crippen molar-refractivity contribution in [1.29, 1.82) is 0 Å². The highest BCUT2D eigenvalue weighted by Gasteiger charge is 2.19. The van der Waals surface area contributed by atoms with Crippen LogP contribution >= 0.6 is 11.3 Å². The largest absolute Gasteiger partial charge is 0.482 e. The second kappa shape index (κ2) is 5.25. The van der Waals surface area contributed by atoms with Crippen molar-refractivity contribution in [2.45, 2.75) is 13.5 Å². The number of thiazole rings is 1. The molecule has 0 fully saturated rings. The van der Waals surface area contributed by atoms with Crippen LogP contribution < -0.4 is 20.7 Å². The minimum absolute atomic E-state index is 0.0294. The fourth-order valence-corrected chi connectivity index (χ4v) is 3.07. The molecule has 6 nitrogen and oxygen atoms in total. The molecule has 1 amide bonds. The van der Waals surface area contributed by atoms with E-state index in [0.717, 1.165) is 11.4 Å². The number of anilines is 3. The van der Waals surface area contributed by atoms with Gasteiger partial charge in [0.05, 0.1) is 34.8 Å². The number of rotatable bonds is 3. The van der Waals surface area contributed by atoms with Gasteiger partial charge in [0.2, 0.25) is 0 Å². The highest BCUT2D eigenvalue weighted by Crippen LogP contribution is 2.37. The van der Waals surface area contributed by atoms with Crippen molar-refractivity contribution in [1.82, 2.24) is 4.98 Å². The number of carbonyl (C=O) groups is 1. The Hall–Kier alpha value is -2.28. The van der Waals surface area contributed by atoms with Gasteiger partial charge in [-0.05, 0) is 13.0 Å². The monoisotopic (exact) mass is 304 g/mol. The molecule has 2 heterocycles. The van der Waals surface area contributed by atoms with Crippen LogP contribution in [0.2, 0.25) is 0 Å². The number of ether oxygens (including phenoxy) is 1. The van der Waals surface area contributed by atoms with E-state index in [2.05, 4.69) is 10.3 Å². The molecule has 2 aromatic rings. The van der Waals surface area contributed by atoms with E-state index < -0.39 is 0 Å². The molecule has 1 aliphatic rings. The number of nitrogens with two attached hydrogens (primary N) is 1. The average Bonchev–Trinajstić information content (AvgIpc) is 2.84. The van der Waals surface area contributed by atoms with Gasteiger partial charge in [-0.25, -0.2) is 4.98 Å². The molecule has 0 radical (unpaired) electrons. The minimum Gasteiger partial charge on any atom is -0.482 e. The number of hydrogen-bond donors (Lipinski definition) is 2. The number of hydrogen-bond acceptors (Lipinski definition) is 6. The maximum Gasteiger partial charge on any atom is 0.262 e. The predicted molar refractivity (Wildman–Crippen MR) is 83.9 cm³/mol. The summed E-state index contributed by atoms with van der Waals surface area (Å²) < 4.78 is 5.36. The molecule has 3 rings (SSSR count). The molecule has 1 aromatic heterocycles. The molecule has 1 aliphatic heterocycles. The Morgan fingerprint density at radius 1 is 1.52 bits per heavy atom. The molecule has 0 saturated heterocycles. The van der Waals surface area contributed by atoms with Crippen LogP contribution in [0.4, 0.5) is 17.1 Å². The summed E-state index contributed by atoms with van der Waals surface area (Å²) in [4.78, 5) is 18.9. The molecule has 0 bridgehead atoms. The van der Waals surface area contributed by atoms with Crippen molar-refractivity contribution < 1.29 is 9.53 Å². The van der Waals surface area contributed by atoms with E-state index in [9.17, 15) is 4.79 Å². The van der Waals surface area contributed by atoms with Crippen LogP contribution in [0.25, 0.3) is 0 Å². The van der Waals surface area contributed by atoms with Gasteiger partial charge in [-0.15, -0.1) is 11.3 Å². The maximum absolute atomic E-state index is 11.4. The van der Waals surface area contributed by atoms with Crippen molar-refractivity contribution in [2.24, 2.45) is 0 Å². The fraction of sp³-hybridized carbons (Fsp3) is 0.286. The van der Waals surface area contributed by atoms with Crippen molar-refractivity contribution >= 4 is 34.3 Å². The lowest BCUT2D eigenvalue weighted by Gasteiger charge is -2.25. The molecular weight excluding hydrogens is 288 g/mol. The first-order valence-corrected chi connectivity index (χ1v) is 7.39. The van der Waals surface area contributed by atoms with Crippen LogP contribution in [0, 0.1) is 6.92 Å². The zero-order valence-electron chi connectivity index (χ0n) is 11.8. The summed E-state index contributed by atoms with van der Waals surface area (Å²) in [5.41, 5.74) is 11.1. The van der Waals surface area contributed by atoms with Crippen LogP contribution in [-0.4, -0.2) is 24.5 Å². The highest BCUT2D eigenvalue weighted by atomic mass is 32.1. The first kappa shape index (κ1) is 13.7. The number of amides is 1. The smallest absolute Gasteiger partial charge is 0.262 e. The summed E-state index contributed by atoms with van der Waals surface area (Å²) in [5, 5.41) is 2.80. The van der Waals surface area contributed by atoms with Gasteiger partial charge < -0.3 is 20.7 Å². The van der Waals surface area contributed by atoms with Crippen molar-refractivity contribution in [3.05, 3.63) is 28.2 Å². The molecule has 0 unspecified atom stereocenters. The molecule has 0 aliphatic carbocycles. The highest BCUT2D eigenvalue weighted by molar-refractivity contribution is 7.09. The van der Waals surface area contributed by atoms with E-state index in [1.54, 1.807) is 17.4 Å². The van der Waals surface area contributed by atoms with Crippen LogP contribution in [0.15, 0.2) is 17.6 Å². The zero-order valence-corrected chi connectivity index (χ0v) is 12.7. The molecular formula is C14H16N4O2S. The van der Waals surface area contributed by atoms with Crippen molar-refractivity contribution in [3.63, 3.8) is 0 Å². The molecule has 1 aromatic carbocycles. The number of nitrogens with zero attached hydrogens (tertiary/aromatic N) is 2. The zero-order chi connectivity index (χ0) is 15.0. The predicted octanol–water partition coefficient (Wildman–Crippen LogP) is 2.00. The number of aromatic nitrogens is 1. The number of fused-ring (bicyclic) bond motifs is 1. The Morgan fingerprint density at radius 3 is 3.05 bits per heavy atom. The fourth-order valence-electron chi connectivity index (χ4n) is 2.24. The third kappa shape index (κ3) is 2.64. The van der Waals surface area contributed by atoms with Gasteiger partial charge in [0.15, 0.2) is 6.61 Å². The van der Waals surface area contributed by atoms with Gasteiger partial charge in [0.1, 0.15) is 5.75 Å². The van der Waals surface area contributed by atoms with E-state index in [4.69, 9.17) is 10.5 Å². The standard InChI is InChI=1S/C14H16N4O2S/c1-8-13(21-7-16-8)5-18(2)11-4-10-12(3-9(11)15)20-6-14(19)17-10/h3-4,7H,5-6,15H2,1-2H3,(H,17,19). The van der Waals surface area contributed by atoms with Gasteiger partial charge >= 0.3 is 0 Å². The van der Waals surface area contributed by atoms with E-state index in [0.29, 0.717) is 23.7 Å². The molecule has 3 N–H and O–H groups in total. The molecule has 0 spiro atoms. The summed E-state index contributed by atoms with van der Waals surface area (Å²) in [5.74, 6) is 0.456. The summed E-state index contributed by atoms with van der Waals surface area (Å²) in [6, 6.07) is 3.60. The lowest BCUT2D eigenvalue weighted by atomic mass is 10.2. The topological polar surface area (TPSA) is 80.5 Å². The van der Waals surface area contributed by atoms with Crippen molar-refractivity contribution in [2.75, 3.05) is 29.6 Å². The molecule has 21 heavy (non-hydrogen) atoms. The first-order valence-electron chi connectivity index (χ1n) is 6.51. The van der Waals surface area contributed by atoms with Crippen LogP contribution in [-0.2, 0) is 11.3 Å². The van der Waals surface area contributed by atoms with Crippen LogP contribution in [0.3, 0.4) is 0 Å². The van der Waals surface area contributed by atoms with E-state index in [-0.39, 0.29) is 12.5 Å². The number of benzene rings is 1. The van der Waals surface area contributed by atoms with Crippen molar-refractivity contribution in [3.8, 4) is 5.75 Å². The van der Waals surface area contributed by atoms with Gasteiger partial charge in [0.25, 0.3) is 5.91 Å². The summed E-state index contributed by atoms with van der Waals surface area (Å²) in [6.07, 6.45) is 0. The third-order valence-electron chi connectivity index (χ3n) is 3.40. The minimum atomic E-state index is -0.154. The van der Waals surface area contributed by atoms with Crippen LogP contribution in [0.5, 0.6) is 5.75 Å². The van der Waals surface area contributed by atoms with Crippen LogP contribution in [0.1, 0.15) is 10.6 Å². The Bertz CT molecular complexity index is 698. The Morgan fingerprint density at radius 2 is 2.33 bits per heavy atom. The Labute approximate surface area is 126 Å². The van der Waals surface area contributed by atoms with Gasteiger partial charge in [0, 0.05) is 18.0 Å². The van der Waals surface area contributed by atoms with Gasteiger partial charge in [-0.2, -0.15) is 0 Å². The summed E-state index contributed by atoms with van der Waals surface area (Å²) >= 11 is 1.62. The van der Waals surface area contributed by atoms with E-state index in [1.165, 1.54) is 4.88 Å². The number of carbonyl (C=O) groups excluding carboxylic acids is 1. The Kier molecular flexibility index (Phi) is 3.42. The second-order valence-corrected chi connectivity index (χ2v) is 5.90. The number of nitrogens with one attached hydrogen (secondary N) is 1. The lowest BCUT2D eigenvalue weighted by Crippen LogP contribution is -2.26. The summed E-state index contributed by atoms with van der Waals surface area (Å²) in [6.45, 7) is 2.74. The third-order valence-corrected chi connectivity index (χ3v) is 4.32.